The van der Waals surface area contributed by atoms with Crippen LogP contribution >= 0.6 is 12.2 Å². The summed E-state index contributed by atoms with van der Waals surface area (Å²) in [4.78, 5) is 2.87. The summed E-state index contributed by atoms with van der Waals surface area (Å²) in [5.74, 6) is 0. The third kappa shape index (κ3) is 10.3. The van der Waals surface area contributed by atoms with Crippen LogP contribution in [0, 0.1) is 0 Å². The smallest absolute Gasteiger partial charge is 0.0740 e. The maximum absolute atomic E-state index is 8.68. The molecule has 5 heteroatoms. The van der Waals surface area contributed by atoms with E-state index in [1.165, 1.54) is 0 Å². The lowest BCUT2D eigenvalue weighted by Crippen LogP contribution is -2.31. The van der Waals surface area contributed by atoms with Crippen LogP contribution in [0.4, 0.5) is 0 Å². The molecule has 0 atom stereocenters. The van der Waals surface area contributed by atoms with E-state index in [1.54, 1.807) is 7.11 Å². The minimum absolute atomic E-state index is 0.283. The zero-order valence-corrected chi connectivity index (χ0v) is 11.0. The van der Waals surface area contributed by atoms with Crippen molar-refractivity contribution in [2.24, 2.45) is 5.73 Å². The number of aliphatic hydroxyl groups is 1. The van der Waals surface area contributed by atoms with Crippen molar-refractivity contribution < 1.29 is 9.84 Å². The largest absolute Gasteiger partial charge is 0.396 e. The fourth-order valence-corrected chi connectivity index (χ4v) is 1.54. The van der Waals surface area contributed by atoms with Crippen molar-refractivity contribution in [3.63, 3.8) is 0 Å². The number of hydrogen-bond donors (Lipinski definition) is 2. The molecular formula is C11H24N2O2S. The van der Waals surface area contributed by atoms with E-state index >= 15 is 0 Å². The number of nitrogens with zero attached hydrogens (tertiary/aromatic N) is 1. The molecule has 0 rings (SSSR count). The highest BCUT2D eigenvalue weighted by Gasteiger charge is 2.04. The van der Waals surface area contributed by atoms with Crippen LogP contribution in [0.2, 0.25) is 0 Å². The Morgan fingerprint density at radius 2 is 2.00 bits per heavy atom. The lowest BCUT2D eigenvalue weighted by atomic mass is 10.2. The van der Waals surface area contributed by atoms with E-state index in [0.29, 0.717) is 4.99 Å². The first-order valence-corrected chi connectivity index (χ1v) is 6.22. The number of methoxy groups -OCH3 is 1. The molecule has 0 spiro atoms. The van der Waals surface area contributed by atoms with Crippen molar-refractivity contribution in [3.05, 3.63) is 0 Å². The van der Waals surface area contributed by atoms with Crippen LogP contribution in [0.15, 0.2) is 0 Å². The molecule has 3 N–H and O–H groups in total. The van der Waals surface area contributed by atoms with Gasteiger partial charge in [0.05, 0.1) is 11.6 Å². The molecule has 0 aliphatic carbocycles. The molecule has 0 aliphatic heterocycles. The average molecular weight is 248 g/mol. The van der Waals surface area contributed by atoms with Gasteiger partial charge in [-0.1, -0.05) is 12.2 Å². The Kier molecular flexibility index (Phi) is 11.1. The second-order valence-corrected chi connectivity index (χ2v) is 4.36. The molecule has 0 radical (unpaired) electrons. The standard InChI is InChI=1S/C11H24N2O2S/c1-15-10-8-13(7-5-11(12)16)6-3-2-4-9-14/h14H,2-10H2,1H3,(H2,12,16). The molecule has 0 aromatic carbocycles. The minimum atomic E-state index is 0.283. The summed E-state index contributed by atoms with van der Waals surface area (Å²) in [6.07, 6.45) is 3.81. The van der Waals surface area contributed by atoms with Gasteiger partial charge in [-0.05, 0) is 25.8 Å². The van der Waals surface area contributed by atoms with Crippen molar-refractivity contribution in [3.8, 4) is 0 Å². The molecule has 0 saturated heterocycles. The van der Waals surface area contributed by atoms with E-state index in [-0.39, 0.29) is 6.61 Å². The fourth-order valence-electron chi connectivity index (χ4n) is 1.45. The van der Waals surface area contributed by atoms with Crippen LogP contribution < -0.4 is 5.73 Å². The normalized spacial score (nSPS) is 10.9. The van der Waals surface area contributed by atoms with Crippen molar-refractivity contribution >= 4 is 17.2 Å². The fraction of sp³-hybridized carbons (Fsp3) is 0.909. The maximum Gasteiger partial charge on any atom is 0.0740 e. The quantitative estimate of drug-likeness (QED) is 0.418. The molecule has 0 bridgehead atoms. The maximum atomic E-state index is 8.68. The second-order valence-electron chi connectivity index (χ2n) is 3.84. The highest BCUT2D eigenvalue weighted by atomic mass is 32.1. The van der Waals surface area contributed by atoms with Gasteiger partial charge in [-0.2, -0.15) is 0 Å². The van der Waals surface area contributed by atoms with Crippen molar-refractivity contribution in [2.45, 2.75) is 25.7 Å². The van der Waals surface area contributed by atoms with Gasteiger partial charge in [0.2, 0.25) is 0 Å². The second kappa shape index (κ2) is 11.3. The Labute approximate surface area is 104 Å². The van der Waals surface area contributed by atoms with Crippen LogP contribution in [0.3, 0.4) is 0 Å². The van der Waals surface area contributed by atoms with Gasteiger partial charge in [0.1, 0.15) is 0 Å². The Morgan fingerprint density at radius 3 is 2.56 bits per heavy atom. The first-order chi connectivity index (χ1) is 7.70. The number of nitrogens with two attached hydrogens (primary N) is 1. The summed E-state index contributed by atoms with van der Waals surface area (Å²) in [5, 5.41) is 8.68. The van der Waals surface area contributed by atoms with E-state index < -0.39 is 0 Å². The van der Waals surface area contributed by atoms with Crippen LogP contribution in [0.25, 0.3) is 0 Å². The monoisotopic (exact) mass is 248 g/mol. The predicted octanol–water partition coefficient (Wildman–Crippen LogP) is 0.774. The first-order valence-electron chi connectivity index (χ1n) is 5.81. The molecule has 4 nitrogen and oxygen atoms in total. The number of unbranched alkanes of at least 4 members (excludes halogenated alkanes) is 2. The zero-order chi connectivity index (χ0) is 12.2. The average Bonchev–Trinajstić information content (AvgIpc) is 2.26. The Bertz CT molecular complexity index is 179. The summed E-state index contributed by atoms with van der Waals surface area (Å²) >= 11 is 4.87. The molecule has 96 valence electrons. The SMILES string of the molecule is COCCN(CCCCCO)CCC(N)=S. The van der Waals surface area contributed by atoms with Crippen molar-refractivity contribution in [1.82, 2.24) is 4.90 Å². The molecule has 16 heavy (non-hydrogen) atoms. The van der Waals surface area contributed by atoms with Gasteiger partial charge in [-0.25, -0.2) is 0 Å². The van der Waals surface area contributed by atoms with Crippen molar-refractivity contribution in [1.29, 1.82) is 0 Å². The van der Waals surface area contributed by atoms with Crippen LogP contribution in [-0.4, -0.2) is 55.0 Å². The van der Waals surface area contributed by atoms with Crippen LogP contribution in [0.5, 0.6) is 0 Å². The molecular weight excluding hydrogens is 224 g/mol. The van der Waals surface area contributed by atoms with Gasteiger partial charge in [0.15, 0.2) is 0 Å². The van der Waals surface area contributed by atoms with Crippen LogP contribution in [0.1, 0.15) is 25.7 Å². The lowest BCUT2D eigenvalue weighted by molar-refractivity contribution is 0.147. The number of rotatable bonds is 11. The zero-order valence-electron chi connectivity index (χ0n) is 10.2. The number of hydrogen-bond acceptors (Lipinski definition) is 4. The van der Waals surface area contributed by atoms with Gasteiger partial charge in [0, 0.05) is 33.2 Å². The molecule has 0 heterocycles. The van der Waals surface area contributed by atoms with Gasteiger partial charge in [-0.15, -0.1) is 0 Å². The predicted molar refractivity (Wildman–Crippen MR) is 70.7 cm³/mol. The highest BCUT2D eigenvalue weighted by molar-refractivity contribution is 7.80. The molecule has 0 aromatic heterocycles. The molecule has 0 amide bonds. The van der Waals surface area contributed by atoms with Gasteiger partial charge < -0.3 is 20.5 Å². The first kappa shape index (κ1) is 15.8. The topological polar surface area (TPSA) is 58.7 Å². The molecule has 0 unspecified atom stereocenters. The summed E-state index contributed by atoms with van der Waals surface area (Å²) in [5.41, 5.74) is 5.49. The number of ether oxygens (including phenoxy) is 1. The third-order valence-corrected chi connectivity index (χ3v) is 2.62. The van der Waals surface area contributed by atoms with Gasteiger partial charge in [0.25, 0.3) is 0 Å². The van der Waals surface area contributed by atoms with Crippen LogP contribution in [-0.2, 0) is 4.74 Å². The van der Waals surface area contributed by atoms with Gasteiger partial charge in [-0.3, -0.25) is 0 Å². The van der Waals surface area contributed by atoms with E-state index in [4.69, 9.17) is 27.8 Å². The molecule has 0 saturated carbocycles. The van der Waals surface area contributed by atoms with E-state index in [0.717, 1.165) is 51.9 Å². The minimum Gasteiger partial charge on any atom is -0.396 e. The van der Waals surface area contributed by atoms with E-state index in [1.807, 2.05) is 0 Å². The summed E-state index contributed by atoms with van der Waals surface area (Å²) in [6, 6.07) is 0. The Morgan fingerprint density at radius 1 is 1.25 bits per heavy atom. The van der Waals surface area contributed by atoms with Crippen molar-refractivity contribution in [2.75, 3.05) is 40.0 Å². The molecule has 0 fully saturated rings. The molecule has 0 aliphatic rings. The summed E-state index contributed by atoms with van der Waals surface area (Å²) < 4.78 is 5.06. The summed E-state index contributed by atoms with van der Waals surface area (Å²) in [7, 11) is 1.71. The number of aliphatic hydroxyl groups excluding tert-OH is 1. The Balaban J connectivity index is 3.66. The third-order valence-electron chi connectivity index (χ3n) is 2.42. The Hall–Kier alpha value is -0.230. The lowest BCUT2D eigenvalue weighted by Gasteiger charge is -2.21. The number of thiocarbonyl (C=S) groups is 1. The van der Waals surface area contributed by atoms with E-state index in [9.17, 15) is 0 Å². The molecule has 0 aromatic rings. The highest BCUT2D eigenvalue weighted by Crippen LogP contribution is 2.00. The van der Waals surface area contributed by atoms with Gasteiger partial charge >= 0.3 is 0 Å². The summed E-state index contributed by atoms with van der Waals surface area (Å²) in [6.45, 7) is 3.85. The van der Waals surface area contributed by atoms with E-state index in [2.05, 4.69) is 4.90 Å².